The number of benzene rings is 1. The molecule has 5 rings (SSSR count). The maximum Gasteiger partial charge on any atom is 0.265 e. The maximum atomic E-state index is 12.8. The molecule has 1 amide bonds. The average molecular weight is 640 g/mol. The molecule has 1 fully saturated rings. The molecule has 1 unspecified atom stereocenters. The van der Waals surface area contributed by atoms with Crippen molar-refractivity contribution in [3.05, 3.63) is 82.5 Å². The summed E-state index contributed by atoms with van der Waals surface area (Å²) in [4.78, 5) is 37.4. The van der Waals surface area contributed by atoms with Crippen LogP contribution in [-0.4, -0.2) is 39.2 Å². The lowest BCUT2D eigenvalue weighted by atomic mass is 9.97. The monoisotopic (exact) mass is 637 g/mol. The van der Waals surface area contributed by atoms with Gasteiger partial charge in [0.05, 0.1) is 15.2 Å². The molecule has 0 bridgehead atoms. The molecule has 1 radical (unpaired) electrons. The van der Waals surface area contributed by atoms with E-state index in [1.807, 2.05) is 28.5 Å². The van der Waals surface area contributed by atoms with Crippen LogP contribution in [0.15, 0.2) is 54.7 Å². The van der Waals surface area contributed by atoms with Gasteiger partial charge in [0.15, 0.2) is 6.10 Å². The molecule has 0 aliphatic carbocycles. The van der Waals surface area contributed by atoms with Crippen LogP contribution in [0, 0.1) is 6.07 Å². The minimum absolute atomic E-state index is 0.0206. The number of pyridine rings is 1. The number of carbonyl (C=O) groups excluding carboxylic acids is 1. The van der Waals surface area contributed by atoms with Crippen LogP contribution < -0.4 is 5.56 Å². The van der Waals surface area contributed by atoms with Gasteiger partial charge in [0.25, 0.3) is 5.56 Å². The predicted molar refractivity (Wildman–Crippen MR) is 142 cm³/mol. The van der Waals surface area contributed by atoms with E-state index in [0.29, 0.717) is 29.0 Å². The van der Waals surface area contributed by atoms with Crippen molar-refractivity contribution < 1.29 is 9.63 Å². The molecule has 0 saturated carbocycles. The molecule has 2 aromatic heterocycles. The fourth-order valence-electron chi connectivity index (χ4n) is 4.27. The zero-order valence-corrected chi connectivity index (χ0v) is 23.2. The van der Waals surface area contributed by atoms with Gasteiger partial charge in [-0.2, -0.15) is 0 Å². The fourth-order valence-corrected chi connectivity index (χ4v) is 6.78. The number of rotatable bonds is 5. The second kappa shape index (κ2) is 10.5. The highest BCUT2D eigenvalue weighted by Crippen LogP contribution is 2.35. The Bertz CT molecular complexity index is 1350. The number of aromatic nitrogens is 2. The van der Waals surface area contributed by atoms with Crippen LogP contribution in [0.1, 0.15) is 47.5 Å². The van der Waals surface area contributed by atoms with Crippen LogP contribution in [0.5, 0.6) is 0 Å². The van der Waals surface area contributed by atoms with E-state index in [0.717, 1.165) is 39.3 Å². The summed E-state index contributed by atoms with van der Waals surface area (Å²) in [5, 5.41) is 7.94. The van der Waals surface area contributed by atoms with Gasteiger partial charge in [-0.25, -0.2) is 4.98 Å². The van der Waals surface area contributed by atoms with Crippen LogP contribution in [0.2, 0.25) is 5.02 Å². The number of likely N-dealkylation sites (tertiary alicyclic amines) is 1. The Labute approximate surface area is 228 Å². The Morgan fingerprint density at radius 3 is 2.89 bits per heavy atom. The quantitative estimate of drug-likeness (QED) is 0.367. The van der Waals surface area contributed by atoms with Crippen molar-refractivity contribution in [1.82, 2.24) is 14.5 Å². The highest BCUT2D eigenvalue weighted by molar-refractivity contribution is 9.11. The molecular formula is C24H20Br2ClN4O3S. The number of thiazole rings is 1. The summed E-state index contributed by atoms with van der Waals surface area (Å²) in [6.07, 6.45) is 3.64. The van der Waals surface area contributed by atoms with Gasteiger partial charge in [0.1, 0.15) is 12.3 Å². The molecule has 1 aromatic carbocycles. The first-order chi connectivity index (χ1) is 16.9. The molecule has 0 spiro atoms. The van der Waals surface area contributed by atoms with Gasteiger partial charge < -0.3 is 14.3 Å². The molecule has 1 saturated heterocycles. The summed E-state index contributed by atoms with van der Waals surface area (Å²) in [7, 11) is 0. The van der Waals surface area contributed by atoms with Crippen LogP contribution >= 0.6 is 54.8 Å². The number of hydrogen-bond donors (Lipinski definition) is 0. The van der Waals surface area contributed by atoms with E-state index in [1.165, 1.54) is 4.57 Å². The Hall–Kier alpha value is -2.01. The average Bonchev–Trinajstić information content (AvgIpc) is 3.53. The van der Waals surface area contributed by atoms with Crippen molar-refractivity contribution in [1.29, 1.82) is 0 Å². The number of carbonyl (C=O) groups is 1. The Morgan fingerprint density at radius 1 is 1.31 bits per heavy atom. The molecule has 0 N–H and O–H groups in total. The molecule has 11 heteroatoms. The van der Waals surface area contributed by atoms with Crippen LogP contribution in [0.4, 0.5) is 0 Å². The standard InChI is InChI=1S/C24H20Br2ClN4O3S/c25-15-9-17(26)24(33)31(11-15)12-22(32)30-7-5-14(6-8-30)23-28-20(13-35-23)19-10-21(34-29-19)16-3-1-2-4-18(16)27/h1-2,4,9,11,13-14,21H,5-8,10,12H2. The molecule has 2 aliphatic heterocycles. The lowest BCUT2D eigenvalue weighted by molar-refractivity contribution is -0.132. The minimum atomic E-state index is -0.253. The summed E-state index contributed by atoms with van der Waals surface area (Å²) in [5.74, 6) is 0.228. The van der Waals surface area contributed by atoms with Crippen LogP contribution in [0.25, 0.3) is 0 Å². The molecule has 181 valence electrons. The van der Waals surface area contributed by atoms with Crippen molar-refractivity contribution in [3.8, 4) is 0 Å². The van der Waals surface area contributed by atoms with Gasteiger partial charge in [-0.1, -0.05) is 28.9 Å². The SMILES string of the molecule is O=C(Cn1cc(Br)cc(Br)c1=O)N1CCC(c2nc(C3=NOC(c4[c]cccc4Cl)C3)cs2)CC1. The van der Waals surface area contributed by atoms with Gasteiger partial charge in [-0.3, -0.25) is 9.59 Å². The molecule has 2 aliphatic rings. The number of piperidine rings is 1. The topological polar surface area (TPSA) is 76.8 Å². The van der Waals surface area contributed by atoms with Crippen molar-refractivity contribution in [2.24, 2.45) is 5.16 Å². The molecular weight excluding hydrogens is 620 g/mol. The van der Waals surface area contributed by atoms with E-state index in [1.54, 1.807) is 23.6 Å². The van der Waals surface area contributed by atoms with Gasteiger partial charge in [0.2, 0.25) is 5.91 Å². The summed E-state index contributed by atoms with van der Waals surface area (Å²) in [6.45, 7) is 1.29. The second-order valence-electron chi connectivity index (χ2n) is 8.43. The van der Waals surface area contributed by atoms with Gasteiger partial charge in [-0.15, -0.1) is 11.3 Å². The highest BCUT2D eigenvalue weighted by Gasteiger charge is 2.29. The van der Waals surface area contributed by atoms with E-state index in [2.05, 4.69) is 43.1 Å². The van der Waals surface area contributed by atoms with E-state index in [4.69, 9.17) is 21.4 Å². The first-order valence-electron chi connectivity index (χ1n) is 11.1. The Balaban J connectivity index is 1.18. The van der Waals surface area contributed by atoms with Gasteiger partial charge in [-0.05, 0) is 62.9 Å². The van der Waals surface area contributed by atoms with E-state index in [-0.39, 0.29) is 30.0 Å². The molecule has 7 nitrogen and oxygen atoms in total. The zero-order chi connectivity index (χ0) is 24.5. The van der Waals surface area contributed by atoms with Crippen molar-refractivity contribution in [3.63, 3.8) is 0 Å². The number of halogens is 3. The third kappa shape index (κ3) is 5.40. The number of nitrogens with zero attached hydrogens (tertiary/aromatic N) is 4. The lowest BCUT2D eigenvalue weighted by Crippen LogP contribution is -2.41. The van der Waals surface area contributed by atoms with Gasteiger partial charge >= 0.3 is 0 Å². The van der Waals surface area contributed by atoms with E-state index < -0.39 is 0 Å². The summed E-state index contributed by atoms with van der Waals surface area (Å²) >= 11 is 14.5. The maximum absolute atomic E-state index is 12.8. The van der Waals surface area contributed by atoms with Crippen molar-refractivity contribution >= 4 is 66.4 Å². The first kappa shape index (κ1) is 24.7. The molecule has 35 heavy (non-hydrogen) atoms. The second-order valence-corrected chi connectivity index (χ2v) is 11.5. The van der Waals surface area contributed by atoms with E-state index >= 15 is 0 Å². The summed E-state index contributed by atoms with van der Waals surface area (Å²) in [6, 6.07) is 10.3. The smallest absolute Gasteiger partial charge is 0.265 e. The van der Waals surface area contributed by atoms with Crippen molar-refractivity contribution in [2.45, 2.75) is 37.8 Å². The Kier molecular flexibility index (Phi) is 7.43. The first-order valence-corrected chi connectivity index (χ1v) is 13.9. The third-order valence-corrected chi connectivity index (χ3v) is 8.49. The predicted octanol–water partition coefficient (Wildman–Crippen LogP) is 5.56. The molecule has 3 aromatic rings. The largest absolute Gasteiger partial charge is 0.387 e. The fraction of sp³-hybridized carbons (Fsp3) is 0.333. The van der Waals surface area contributed by atoms with Crippen LogP contribution in [-0.2, 0) is 16.2 Å². The summed E-state index contributed by atoms with van der Waals surface area (Å²) < 4.78 is 2.59. The molecule has 4 heterocycles. The minimum Gasteiger partial charge on any atom is -0.387 e. The zero-order valence-electron chi connectivity index (χ0n) is 18.4. The van der Waals surface area contributed by atoms with Crippen LogP contribution in [0.3, 0.4) is 0 Å². The lowest BCUT2D eigenvalue weighted by Gasteiger charge is -2.31. The van der Waals surface area contributed by atoms with E-state index in [9.17, 15) is 9.59 Å². The number of amides is 1. The highest BCUT2D eigenvalue weighted by atomic mass is 79.9. The number of oxime groups is 1. The number of hydrogen-bond acceptors (Lipinski definition) is 6. The summed E-state index contributed by atoms with van der Waals surface area (Å²) in [5.41, 5.74) is 2.22. The Morgan fingerprint density at radius 2 is 2.11 bits per heavy atom. The van der Waals surface area contributed by atoms with Gasteiger partial charge in [0, 0.05) is 52.1 Å². The molecule has 1 atom stereocenters. The third-order valence-electron chi connectivity index (χ3n) is 6.15. The van der Waals surface area contributed by atoms with Crippen molar-refractivity contribution in [2.75, 3.05) is 13.1 Å². The normalized spacial score (nSPS) is 18.4.